The predicted molar refractivity (Wildman–Crippen MR) is 77.7 cm³/mol. The van der Waals surface area contributed by atoms with Crippen molar-refractivity contribution >= 4 is 37.6 Å². The number of rotatable bonds is 2. The zero-order valence-electron chi connectivity index (χ0n) is 10.4. The molecule has 0 bridgehead atoms. The highest BCUT2D eigenvalue weighted by Crippen LogP contribution is 2.30. The molecule has 19 heavy (non-hydrogen) atoms. The summed E-state index contributed by atoms with van der Waals surface area (Å²) in [5.74, 6) is -0.0715. The molecule has 1 aliphatic rings. The van der Waals surface area contributed by atoms with Crippen molar-refractivity contribution in [1.82, 2.24) is 4.31 Å². The molecule has 0 radical (unpaired) electrons. The number of aliphatic hydroxyl groups is 1. The van der Waals surface area contributed by atoms with Crippen molar-refractivity contribution in [3.8, 4) is 0 Å². The zero-order chi connectivity index (χ0) is 14.2. The third-order valence-electron chi connectivity index (χ3n) is 3.33. The van der Waals surface area contributed by atoms with Crippen molar-refractivity contribution in [2.24, 2.45) is 5.92 Å². The molecule has 1 aromatic rings. The van der Waals surface area contributed by atoms with Gasteiger partial charge < -0.3 is 5.11 Å². The molecular weight excluding hydrogens is 354 g/mol. The molecule has 1 aliphatic heterocycles. The molecule has 7 heteroatoms. The molecule has 1 aromatic carbocycles. The molecule has 0 aliphatic carbocycles. The van der Waals surface area contributed by atoms with E-state index in [4.69, 9.17) is 11.6 Å². The van der Waals surface area contributed by atoms with Gasteiger partial charge in [-0.05, 0) is 30.5 Å². The molecule has 0 amide bonds. The van der Waals surface area contributed by atoms with E-state index in [0.717, 1.165) is 4.47 Å². The van der Waals surface area contributed by atoms with Gasteiger partial charge in [-0.25, -0.2) is 8.42 Å². The molecule has 0 spiro atoms. The Morgan fingerprint density at radius 2 is 2.16 bits per heavy atom. The maximum atomic E-state index is 12.5. The Kier molecular flexibility index (Phi) is 4.57. The highest BCUT2D eigenvalue weighted by atomic mass is 79.9. The summed E-state index contributed by atoms with van der Waals surface area (Å²) in [5.41, 5.74) is 0. The molecule has 2 rings (SSSR count). The third-order valence-corrected chi connectivity index (χ3v) is 6.18. The highest BCUT2D eigenvalue weighted by molar-refractivity contribution is 9.10. The summed E-state index contributed by atoms with van der Waals surface area (Å²) >= 11 is 9.26. The summed E-state index contributed by atoms with van der Waals surface area (Å²) in [4.78, 5) is 0.112. The fourth-order valence-electron chi connectivity index (χ4n) is 2.14. The fourth-order valence-corrected chi connectivity index (χ4v) is 4.70. The first-order valence-electron chi connectivity index (χ1n) is 5.95. The van der Waals surface area contributed by atoms with Crippen LogP contribution in [0, 0.1) is 5.92 Å². The maximum Gasteiger partial charge on any atom is 0.244 e. The lowest BCUT2D eigenvalue weighted by Crippen LogP contribution is -2.44. The van der Waals surface area contributed by atoms with Crippen LogP contribution in [-0.4, -0.2) is 37.0 Å². The first kappa shape index (κ1) is 15.3. The summed E-state index contributed by atoms with van der Waals surface area (Å²) in [7, 11) is -3.60. The topological polar surface area (TPSA) is 57.6 Å². The number of sulfonamides is 1. The Labute approximate surface area is 126 Å². The van der Waals surface area contributed by atoms with Crippen LogP contribution in [0.15, 0.2) is 27.6 Å². The minimum Gasteiger partial charge on any atom is -0.393 e. The van der Waals surface area contributed by atoms with E-state index in [1.165, 1.54) is 10.4 Å². The molecule has 1 N–H and O–H groups in total. The first-order chi connectivity index (χ1) is 8.82. The van der Waals surface area contributed by atoms with E-state index in [-0.39, 0.29) is 15.8 Å². The second-order valence-electron chi connectivity index (χ2n) is 4.77. The molecule has 106 valence electrons. The zero-order valence-corrected chi connectivity index (χ0v) is 13.5. The molecule has 0 aromatic heterocycles. The van der Waals surface area contributed by atoms with Gasteiger partial charge in [-0.2, -0.15) is 4.31 Å². The normalized spacial score (nSPS) is 25.5. The monoisotopic (exact) mass is 367 g/mol. The lowest BCUT2D eigenvalue weighted by molar-refractivity contribution is 0.0628. The van der Waals surface area contributed by atoms with Gasteiger partial charge in [-0.3, -0.25) is 0 Å². The number of halogens is 2. The Morgan fingerprint density at radius 1 is 1.47 bits per heavy atom. The molecule has 4 nitrogen and oxygen atoms in total. The van der Waals surface area contributed by atoms with Crippen molar-refractivity contribution in [2.45, 2.75) is 24.3 Å². The van der Waals surface area contributed by atoms with Gasteiger partial charge in [-0.15, -0.1) is 0 Å². The second kappa shape index (κ2) is 5.69. The van der Waals surface area contributed by atoms with Crippen molar-refractivity contribution in [3.05, 3.63) is 27.7 Å². The number of nitrogens with zero attached hydrogens (tertiary/aromatic N) is 1. The summed E-state index contributed by atoms with van der Waals surface area (Å²) in [6, 6.07) is 4.72. The van der Waals surface area contributed by atoms with E-state index in [1.54, 1.807) is 12.1 Å². The second-order valence-corrected chi connectivity index (χ2v) is 8.00. The number of hydrogen-bond acceptors (Lipinski definition) is 3. The van der Waals surface area contributed by atoms with Gasteiger partial charge in [0, 0.05) is 17.6 Å². The average molecular weight is 369 g/mol. The van der Waals surface area contributed by atoms with Crippen LogP contribution in [0.2, 0.25) is 5.02 Å². The van der Waals surface area contributed by atoms with Gasteiger partial charge >= 0.3 is 0 Å². The first-order valence-corrected chi connectivity index (χ1v) is 8.56. The predicted octanol–water partition coefficient (Wildman–Crippen LogP) is 2.49. The summed E-state index contributed by atoms with van der Waals surface area (Å²) in [6.07, 6.45) is 0.0148. The summed E-state index contributed by atoms with van der Waals surface area (Å²) in [6.45, 7) is 2.48. The van der Waals surface area contributed by atoms with Gasteiger partial charge in [0.2, 0.25) is 10.0 Å². The van der Waals surface area contributed by atoms with Crippen LogP contribution in [0.25, 0.3) is 0 Å². The number of aliphatic hydroxyl groups excluding tert-OH is 1. The van der Waals surface area contributed by atoms with Crippen LogP contribution in [0.4, 0.5) is 0 Å². The van der Waals surface area contributed by atoms with Crippen LogP contribution < -0.4 is 0 Å². The van der Waals surface area contributed by atoms with Crippen LogP contribution >= 0.6 is 27.5 Å². The molecule has 1 saturated heterocycles. The minimum absolute atomic E-state index is 0.0715. The van der Waals surface area contributed by atoms with Gasteiger partial charge in [0.05, 0.1) is 11.1 Å². The molecule has 0 saturated carbocycles. The van der Waals surface area contributed by atoms with E-state index >= 15 is 0 Å². The lowest BCUT2D eigenvalue weighted by Gasteiger charge is -2.33. The lowest BCUT2D eigenvalue weighted by atomic mass is 9.99. The van der Waals surface area contributed by atoms with E-state index in [9.17, 15) is 13.5 Å². The van der Waals surface area contributed by atoms with Gasteiger partial charge in [0.1, 0.15) is 4.90 Å². The van der Waals surface area contributed by atoms with Gasteiger partial charge in [0.25, 0.3) is 0 Å². The van der Waals surface area contributed by atoms with Crippen molar-refractivity contribution < 1.29 is 13.5 Å². The quantitative estimate of drug-likeness (QED) is 0.872. The molecule has 1 fully saturated rings. The highest BCUT2D eigenvalue weighted by Gasteiger charge is 2.33. The van der Waals surface area contributed by atoms with Crippen molar-refractivity contribution in [2.75, 3.05) is 13.1 Å². The minimum atomic E-state index is -3.60. The maximum absolute atomic E-state index is 12.5. The van der Waals surface area contributed by atoms with E-state index < -0.39 is 16.1 Å². The van der Waals surface area contributed by atoms with Crippen LogP contribution in [-0.2, 0) is 10.0 Å². The van der Waals surface area contributed by atoms with Crippen molar-refractivity contribution in [1.29, 1.82) is 0 Å². The number of piperidine rings is 1. The van der Waals surface area contributed by atoms with E-state index in [0.29, 0.717) is 19.5 Å². The molecular formula is C12H15BrClNO3S. The number of benzene rings is 1. The average Bonchev–Trinajstić information content (AvgIpc) is 2.32. The van der Waals surface area contributed by atoms with Gasteiger partial charge in [-0.1, -0.05) is 34.5 Å². The molecule has 2 unspecified atom stereocenters. The summed E-state index contributed by atoms with van der Waals surface area (Å²) in [5, 5.41) is 9.87. The standard InChI is InChI=1S/C12H15BrClNO3S/c1-8-7-15(5-4-11(8)16)19(17,18)12-3-2-9(13)6-10(12)14/h2-3,6,8,11,16H,4-5,7H2,1H3. The SMILES string of the molecule is CC1CN(S(=O)(=O)c2ccc(Br)cc2Cl)CCC1O. The van der Waals surface area contributed by atoms with E-state index in [2.05, 4.69) is 15.9 Å². The summed E-state index contributed by atoms with van der Waals surface area (Å²) < 4.78 is 27.2. The van der Waals surface area contributed by atoms with Crippen LogP contribution in [0.3, 0.4) is 0 Å². The van der Waals surface area contributed by atoms with Crippen molar-refractivity contribution in [3.63, 3.8) is 0 Å². The Bertz CT molecular complexity index is 578. The Hall–Kier alpha value is -0.140. The fraction of sp³-hybridized carbons (Fsp3) is 0.500. The molecule has 1 heterocycles. The Morgan fingerprint density at radius 3 is 2.74 bits per heavy atom. The van der Waals surface area contributed by atoms with Crippen LogP contribution in [0.1, 0.15) is 13.3 Å². The smallest absolute Gasteiger partial charge is 0.244 e. The third kappa shape index (κ3) is 3.13. The number of hydrogen-bond donors (Lipinski definition) is 1. The molecule has 2 atom stereocenters. The Balaban J connectivity index is 2.32. The van der Waals surface area contributed by atoms with E-state index in [1.807, 2.05) is 6.92 Å². The van der Waals surface area contributed by atoms with Gasteiger partial charge in [0.15, 0.2) is 0 Å². The largest absolute Gasteiger partial charge is 0.393 e. The van der Waals surface area contributed by atoms with Crippen LogP contribution in [0.5, 0.6) is 0 Å².